The van der Waals surface area contributed by atoms with Crippen molar-refractivity contribution in [3.63, 3.8) is 0 Å². The van der Waals surface area contributed by atoms with Crippen molar-refractivity contribution in [3.05, 3.63) is 64.3 Å². The molecule has 1 aliphatic rings. The molecule has 0 aromatic carbocycles. The summed E-state index contributed by atoms with van der Waals surface area (Å²) >= 11 is 0. The topological polar surface area (TPSA) is 53.9 Å². The second kappa shape index (κ2) is 6.24. The molecule has 1 aliphatic heterocycles. The number of aromatic amines is 1. The van der Waals surface area contributed by atoms with Crippen LogP contribution in [0, 0.1) is 0 Å². The van der Waals surface area contributed by atoms with Crippen LogP contribution in [0.2, 0.25) is 0 Å². The molecule has 1 fully saturated rings. The number of likely N-dealkylation sites (tertiary alicyclic amines) is 1. The van der Waals surface area contributed by atoms with Crippen molar-refractivity contribution in [2.45, 2.75) is 25.3 Å². The molecule has 4 heterocycles. The Bertz CT molecular complexity index is 903. The van der Waals surface area contributed by atoms with Crippen LogP contribution >= 0.6 is 0 Å². The average Bonchev–Trinajstić information content (AvgIpc) is 3.04. The van der Waals surface area contributed by atoms with Crippen LogP contribution < -0.4 is 5.56 Å². The summed E-state index contributed by atoms with van der Waals surface area (Å²) in [4.78, 5) is 22.4. The third kappa shape index (κ3) is 2.76. The maximum absolute atomic E-state index is 12.2. The van der Waals surface area contributed by atoms with E-state index in [-0.39, 0.29) is 5.56 Å². The molecule has 1 N–H and O–H groups in total. The minimum atomic E-state index is 0.112. The van der Waals surface area contributed by atoms with E-state index in [4.69, 9.17) is 0 Å². The van der Waals surface area contributed by atoms with E-state index in [2.05, 4.69) is 27.1 Å². The third-order valence-electron chi connectivity index (χ3n) is 5.09. The molecular formula is C19H22N4O. The van der Waals surface area contributed by atoms with E-state index in [0.717, 1.165) is 49.1 Å². The van der Waals surface area contributed by atoms with Crippen molar-refractivity contribution in [2.75, 3.05) is 13.1 Å². The highest BCUT2D eigenvalue weighted by Crippen LogP contribution is 2.32. The number of pyridine rings is 2. The first-order chi connectivity index (χ1) is 11.7. The fraction of sp³-hybridized carbons (Fsp3) is 0.368. The Labute approximate surface area is 140 Å². The number of piperidine rings is 1. The zero-order valence-corrected chi connectivity index (χ0v) is 13.9. The number of aromatic nitrogens is 3. The lowest BCUT2D eigenvalue weighted by Crippen LogP contribution is -2.35. The summed E-state index contributed by atoms with van der Waals surface area (Å²) in [6, 6.07) is 7.93. The molecule has 4 rings (SSSR count). The summed E-state index contributed by atoms with van der Waals surface area (Å²) in [5, 5.41) is 0. The summed E-state index contributed by atoms with van der Waals surface area (Å²) in [5.41, 5.74) is 4.55. The van der Waals surface area contributed by atoms with Crippen LogP contribution in [0.1, 0.15) is 29.9 Å². The number of H-pyrrole nitrogens is 1. The summed E-state index contributed by atoms with van der Waals surface area (Å²) in [5.74, 6) is 0.545. The average molecular weight is 322 g/mol. The molecule has 0 radical (unpaired) electrons. The summed E-state index contributed by atoms with van der Waals surface area (Å²) in [6.45, 7) is 2.77. The Kier molecular flexibility index (Phi) is 3.94. The van der Waals surface area contributed by atoms with Gasteiger partial charge in [0.05, 0.1) is 11.0 Å². The molecule has 0 atom stereocenters. The highest BCUT2D eigenvalue weighted by molar-refractivity contribution is 5.79. The molecule has 0 amide bonds. The first-order valence-corrected chi connectivity index (χ1v) is 8.51. The van der Waals surface area contributed by atoms with Crippen LogP contribution in [-0.4, -0.2) is 32.5 Å². The van der Waals surface area contributed by atoms with Gasteiger partial charge in [-0.15, -0.1) is 0 Å². The van der Waals surface area contributed by atoms with Crippen LogP contribution in [0.5, 0.6) is 0 Å². The van der Waals surface area contributed by atoms with Crippen molar-refractivity contribution < 1.29 is 0 Å². The van der Waals surface area contributed by atoms with E-state index in [9.17, 15) is 4.79 Å². The van der Waals surface area contributed by atoms with Crippen LogP contribution in [0.3, 0.4) is 0 Å². The molecule has 0 aliphatic carbocycles. The molecule has 3 aromatic heterocycles. The lowest BCUT2D eigenvalue weighted by molar-refractivity contribution is 0.204. The molecule has 24 heavy (non-hydrogen) atoms. The Morgan fingerprint density at radius 2 is 2.08 bits per heavy atom. The van der Waals surface area contributed by atoms with Gasteiger partial charge in [0.15, 0.2) is 0 Å². The van der Waals surface area contributed by atoms with E-state index in [1.807, 2.05) is 37.6 Å². The Hall–Kier alpha value is -2.40. The van der Waals surface area contributed by atoms with Crippen LogP contribution in [0.4, 0.5) is 0 Å². The van der Waals surface area contributed by atoms with Crippen molar-refractivity contribution in [1.82, 2.24) is 19.4 Å². The predicted molar refractivity (Wildman–Crippen MR) is 95.0 cm³/mol. The highest BCUT2D eigenvalue weighted by atomic mass is 16.1. The maximum Gasteiger partial charge on any atom is 0.254 e. The molecule has 3 aromatic rings. The van der Waals surface area contributed by atoms with Gasteiger partial charge >= 0.3 is 0 Å². The lowest BCUT2D eigenvalue weighted by Gasteiger charge is -2.31. The lowest BCUT2D eigenvalue weighted by atomic mass is 9.90. The molecule has 0 bridgehead atoms. The van der Waals surface area contributed by atoms with Gasteiger partial charge in [-0.05, 0) is 55.6 Å². The number of fused-ring (bicyclic) bond motifs is 1. The van der Waals surface area contributed by atoms with Gasteiger partial charge in [0.1, 0.15) is 0 Å². The van der Waals surface area contributed by atoms with Crippen LogP contribution in [0.25, 0.3) is 11.0 Å². The van der Waals surface area contributed by atoms with Gasteiger partial charge in [0.25, 0.3) is 5.56 Å². The van der Waals surface area contributed by atoms with Gasteiger partial charge < -0.3 is 9.55 Å². The molecule has 0 unspecified atom stereocenters. The minimum absolute atomic E-state index is 0.112. The van der Waals surface area contributed by atoms with Crippen LogP contribution in [-0.2, 0) is 13.6 Å². The molecule has 5 nitrogen and oxygen atoms in total. The highest BCUT2D eigenvalue weighted by Gasteiger charge is 2.23. The summed E-state index contributed by atoms with van der Waals surface area (Å²) in [6.07, 6.45) is 8.00. The van der Waals surface area contributed by atoms with Gasteiger partial charge in [-0.25, -0.2) is 0 Å². The second-order valence-corrected chi connectivity index (χ2v) is 6.64. The monoisotopic (exact) mass is 322 g/mol. The largest absolute Gasteiger partial charge is 0.360 e. The number of nitrogens with one attached hydrogen (secondary N) is 1. The van der Waals surface area contributed by atoms with Gasteiger partial charge in [0, 0.05) is 37.7 Å². The Morgan fingerprint density at radius 1 is 1.25 bits per heavy atom. The quantitative estimate of drug-likeness (QED) is 0.806. The number of nitrogens with zero attached hydrogens (tertiary/aromatic N) is 3. The van der Waals surface area contributed by atoms with Crippen LogP contribution in [0.15, 0.2) is 47.7 Å². The first-order valence-electron chi connectivity index (χ1n) is 8.51. The Morgan fingerprint density at radius 3 is 2.92 bits per heavy atom. The molecule has 0 saturated carbocycles. The molecule has 124 valence electrons. The van der Waals surface area contributed by atoms with E-state index < -0.39 is 0 Å². The molecule has 1 saturated heterocycles. The van der Waals surface area contributed by atoms with E-state index in [1.165, 1.54) is 5.56 Å². The smallest absolute Gasteiger partial charge is 0.254 e. The van der Waals surface area contributed by atoms with Crippen molar-refractivity contribution >= 4 is 11.0 Å². The minimum Gasteiger partial charge on any atom is -0.360 e. The zero-order chi connectivity index (χ0) is 16.5. The van der Waals surface area contributed by atoms with E-state index in [1.54, 1.807) is 4.57 Å². The SMILES string of the molecule is Cn1cccc(CN2CCC(c3c[nH]c4cccnc34)CC2)c1=O. The van der Waals surface area contributed by atoms with Crippen molar-refractivity contribution in [1.29, 1.82) is 0 Å². The van der Waals surface area contributed by atoms with Gasteiger partial charge in [-0.3, -0.25) is 14.7 Å². The van der Waals surface area contributed by atoms with Gasteiger partial charge in [-0.1, -0.05) is 6.07 Å². The second-order valence-electron chi connectivity index (χ2n) is 6.64. The fourth-order valence-electron chi connectivity index (χ4n) is 3.70. The molecule has 5 heteroatoms. The number of hydrogen-bond acceptors (Lipinski definition) is 3. The maximum atomic E-state index is 12.2. The van der Waals surface area contributed by atoms with E-state index >= 15 is 0 Å². The normalized spacial score (nSPS) is 16.7. The van der Waals surface area contributed by atoms with Crippen molar-refractivity contribution in [3.8, 4) is 0 Å². The molecule has 0 spiro atoms. The number of hydrogen-bond donors (Lipinski definition) is 1. The zero-order valence-electron chi connectivity index (χ0n) is 13.9. The number of aryl methyl sites for hydroxylation is 1. The standard InChI is InChI=1S/C19H22N4O/c1-22-9-3-4-15(19(22)24)13-23-10-6-14(7-11-23)16-12-21-17-5-2-8-20-18(16)17/h2-5,8-9,12,14,21H,6-7,10-11,13H2,1H3. The Balaban J connectivity index is 1.45. The van der Waals surface area contributed by atoms with Gasteiger partial charge in [0.2, 0.25) is 0 Å². The third-order valence-corrected chi connectivity index (χ3v) is 5.09. The summed E-state index contributed by atoms with van der Waals surface area (Å²) in [7, 11) is 1.81. The predicted octanol–water partition coefficient (Wildman–Crippen LogP) is 2.64. The molecular weight excluding hydrogens is 300 g/mol. The number of rotatable bonds is 3. The van der Waals surface area contributed by atoms with Gasteiger partial charge in [-0.2, -0.15) is 0 Å². The van der Waals surface area contributed by atoms with E-state index in [0.29, 0.717) is 5.92 Å². The summed E-state index contributed by atoms with van der Waals surface area (Å²) < 4.78 is 1.65. The fourth-order valence-corrected chi connectivity index (χ4v) is 3.70. The first kappa shape index (κ1) is 15.1. The van der Waals surface area contributed by atoms with Crippen molar-refractivity contribution in [2.24, 2.45) is 7.05 Å².